The molecule has 0 aliphatic carbocycles. The molecule has 2 aromatic rings. The van der Waals surface area contributed by atoms with Crippen LogP contribution >= 0.6 is 27.7 Å². The normalized spacial score (nSPS) is 18.8. The summed E-state index contributed by atoms with van der Waals surface area (Å²) < 4.78 is 11.7. The number of carbonyl (C=O) groups is 2. The Kier molecular flexibility index (Phi) is 7.29. The van der Waals surface area contributed by atoms with E-state index in [4.69, 9.17) is 9.47 Å². The summed E-state index contributed by atoms with van der Waals surface area (Å²) in [7, 11) is 0. The maximum atomic E-state index is 12.3. The minimum absolute atomic E-state index is 0.0316. The summed E-state index contributed by atoms with van der Waals surface area (Å²) >= 11 is 4.79. The molecule has 2 heterocycles. The van der Waals surface area contributed by atoms with E-state index in [1.807, 2.05) is 43.3 Å². The Morgan fingerprint density at radius 2 is 2.00 bits per heavy atom. The number of nitrogens with zero attached hydrogens (tertiary/aromatic N) is 2. The molecule has 2 saturated heterocycles. The van der Waals surface area contributed by atoms with Crippen molar-refractivity contribution in [3.63, 3.8) is 0 Å². The van der Waals surface area contributed by atoms with E-state index in [0.29, 0.717) is 46.6 Å². The van der Waals surface area contributed by atoms with Gasteiger partial charge in [0.25, 0.3) is 11.8 Å². The van der Waals surface area contributed by atoms with E-state index in [0.717, 1.165) is 16.8 Å². The highest BCUT2D eigenvalue weighted by atomic mass is 79.9. The van der Waals surface area contributed by atoms with E-state index in [9.17, 15) is 9.59 Å². The molecule has 7 nitrogen and oxygen atoms in total. The molecule has 2 aliphatic heterocycles. The maximum absolute atomic E-state index is 12.3. The minimum atomic E-state index is -0.187. The highest BCUT2D eigenvalue weighted by molar-refractivity contribution is 9.10. The van der Waals surface area contributed by atoms with Crippen molar-refractivity contribution in [1.82, 2.24) is 10.2 Å². The van der Waals surface area contributed by atoms with E-state index in [1.54, 1.807) is 17.0 Å². The zero-order valence-corrected chi connectivity index (χ0v) is 19.9. The van der Waals surface area contributed by atoms with Gasteiger partial charge < -0.3 is 19.7 Å². The molecule has 0 bridgehead atoms. The van der Waals surface area contributed by atoms with Gasteiger partial charge in [0.05, 0.1) is 28.3 Å². The first-order valence-corrected chi connectivity index (χ1v) is 11.7. The predicted octanol–water partition coefficient (Wildman–Crippen LogP) is 3.89. The van der Waals surface area contributed by atoms with Crippen molar-refractivity contribution < 1.29 is 19.1 Å². The Hall–Kier alpha value is -2.62. The van der Waals surface area contributed by atoms with Gasteiger partial charge in [0.2, 0.25) is 0 Å². The van der Waals surface area contributed by atoms with Crippen LogP contribution in [0.15, 0.2) is 56.8 Å². The molecule has 2 amide bonds. The second kappa shape index (κ2) is 10.3. The van der Waals surface area contributed by atoms with Crippen LogP contribution in [0.25, 0.3) is 6.08 Å². The van der Waals surface area contributed by atoms with Crippen LogP contribution in [0.5, 0.6) is 5.75 Å². The number of morpholine rings is 1. The van der Waals surface area contributed by atoms with Crippen LogP contribution < -0.4 is 10.1 Å². The van der Waals surface area contributed by atoms with E-state index >= 15 is 0 Å². The highest BCUT2D eigenvalue weighted by Gasteiger charge is 2.24. The van der Waals surface area contributed by atoms with Crippen molar-refractivity contribution in [2.45, 2.75) is 6.92 Å². The number of aliphatic imine (C=N–C) groups is 1. The smallest absolute Gasteiger partial charge is 0.264 e. The second-order valence-corrected chi connectivity index (χ2v) is 9.17. The number of benzene rings is 2. The Morgan fingerprint density at radius 1 is 1.25 bits per heavy atom. The molecule has 0 atom stereocenters. The Labute approximate surface area is 199 Å². The number of amidine groups is 1. The summed E-state index contributed by atoms with van der Waals surface area (Å²) in [6, 6.07) is 13.3. The molecule has 0 spiro atoms. The van der Waals surface area contributed by atoms with Crippen molar-refractivity contribution >= 4 is 56.4 Å². The zero-order valence-electron chi connectivity index (χ0n) is 17.5. The number of hydrogen-bond acceptors (Lipinski definition) is 6. The molecular formula is C23H22BrN3O4S. The quantitative estimate of drug-likeness (QED) is 0.611. The van der Waals surface area contributed by atoms with Gasteiger partial charge in [-0.05, 0) is 70.5 Å². The van der Waals surface area contributed by atoms with Crippen LogP contribution in [0.4, 0.5) is 5.69 Å². The van der Waals surface area contributed by atoms with E-state index in [2.05, 4.69) is 26.2 Å². The number of thioether (sulfide) groups is 1. The first kappa shape index (κ1) is 22.6. The number of halogens is 1. The number of carbonyl (C=O) groups excluding carboxylic acids is 2. The van der Waals surface area contributed by atoms with Gasteiger partial charge >= 0.3 is 0 Å². The molecule has 4 rings (SSSR count). The lowest BCUT2D eigenvalue weighted by molar-refractivity contribution is -0.137. The van der Waals surface area contributed by atoms with Gasteiger partial charge in [0.15, 0.2) is 11.8 Å². The van der Waals surface area contributed by atoms with E-state index in [-0.39, 0.29) is 18.4 Å². The third kappa shape index (κ3) is 5.79. The second-order valence-electron chi connectivity index (χ2n) is 7.29. The lowest BCUT2D eigenvalue weighted by Gasteiger charge is -2.26. The fraction of sp³-hybridized carbons (Fsp3) is 0.261. The predicted molar refractivity (Wildman–Crippen MR) is 129 cm³/mol. The molecule has 0 radical (unpaired) electrons. The third-order valence-corrected chi connectivity index (χ3v) is 6.41. The number of ether oxygens (including phenoxy) is 2. The minimum Gasteiger partial charge on any atom is -0.483 e. The molecule has 2 aromatic carbocycles. The number of aryl methyl sites for hydroxylation is 1. The van der Waals surface area contributed by atoms with Gasteiger partial charge in [-0.3, -0.25) is 9.59 Å². The van der Waals surface area contributed by atoms with Gasteiger partial charge in [-0.15, -0.1) is 0 Å². The molecule has 1 N–H and O–H groups in total. The summed E-state index contributed by atoms with van der Waals surface area (Å²) in [5.41, 5.74) is 2.77. The standard InChI is InChI=1S/C23H22BrN3O4S/c1-15-2-5-17(6-3-15)25-23-26-22(29)20(32-23)13-16-4-7-19(18(24)12-16)31-14-21(28)27-8-10-30-11-9-27/h2-7,12-13H,8-11,14H2,1H3,(H,25,26,29)/b20-13-. The van der Waals surface area contributed by atoms with E-state index < -0.39 is 0 Å². The highest BCUT2D eigenvalue weighted by Crippen LogP contribution is 2.31. The van der Waals surface area contributed by atoms with Gasteiger partial charge in [-0.25, -0.2) is 4.99 Å². The van der Waals surface area contributed by atoms with Crippen molar-refractivity contribution in [2.24, 2.45) is 4.99 Å². The lowest BCUT2D eigenvalue weighted by Crippen LogP contribution is -2.43. The zero-order chi connectivity index (χ0) is 22.5. The van der Waals surface area contributed by atoms with E-state index in [1.165, 1.54) is 11.8 Å². The van der Waals surface area contributed by atoms with Crippen LogP contribution in [0, 0.1) is 6.92 Å². The first-order chi connectivity index (χ1) is 15.5. The topological polar surface area (TPSA) is 80.2 Å². The van der Waals surface area contributed by atoms with Gasteiger partial charge in [-0.1, -0.05) is 23.8 Å². The average Bonchev–Trinajstić information content (AvgIpc) is 3.13. The van der Waals surface area contributed by atoms with Crippen LogP contribution in [0.2, 0.25) is 0 Å². The van der Waals surface area contributed by atoms with Gasteiger partial charge in [0.1, 0.15) is 5.75 Å². The molecule has 0 saturated carbocycles. The van der Waals surface area contributed by atoms with Crippen LogP contribution in [0.1, 0.15) is 11.1 Å². The number of amides is 2. The third-order valence-electron chi connectivity index (χ3n) is 4.88. The fourth-order valence-corrected chi connectivity index (χ4v) is 4.49. The number of rotatable bonds is 5. The Morgan fingerprint density at radius 3 is 2.72 bits per heavy atom. The molecule has 0 aromatic heterocycles. The number of nitrogens with one attached hydrogen (secondary N) is 1. The maximum Gasteiger partial charge on any atom is 0.264 e. The monoisotopic (exact) mass is 515 g/mol. The number of hydrogen-bond donors (Lipinski definition) is 1. The first-order valence-electron chi connectivity index (χ1n) is 10.1. The molecule has 2 fully saturated rings. The Balaban J connectivity index is 1.39. The molecule has 32 heavy (non-hydrogen) atoms. The van der Waals surface area contributed by atoms with Gasteiger partial charge in [0, 0.05) is 13.1 Å². The summed E-state index contributed by atoms with van der Waals surface area (Å²) in [6.45, 7) is 4.27. The summed E-state index contributed by atoms with van der Waals surface area (Å²) in [5.74, 6) is 0.318. The van der Waals surface area contributed by atoms with Crippen molar-refractivity contribution in [3.05, 3.63) is 63.0 Å². The molecule has 9 heteroatoms. The summed E-state index contributed by atoms with van der Waals surface area (Å²) in [6.07, 6.45) is 1.80. The van der Waals surface area contributed by atoms with Crippen molar-refractivity contribution in [3.8, 4) is 5.75 Å². The SMILES string of the molecule is Cc1ccc(N=C2NC(=O)/C(=C/c3ccc(OCC(=O)N4CCOCC4)c(Br)c3)S2)cc1. The fourth-order valence-electron chi connectivity index (χ4n) is 3.14. The molecular weight excluding hydrogens is 494 g/mol. The van der Waals surface area contributed by atoms with Crippen molar-refractivity contribution in [2.75, 3.05) is 32.9 Å². The van der Waals surface area contributed by atoms with Crippen LogP contribution in [-0.4, -0.2) is 54.8 Å². The largest absolute Gasteiger partial charge is 0.483 e. The Bertz CT molecular complexity index is 1080. The average molecular weight is 516 g/mol. The van der Waals surface area contributed by atoms with Crippen LogP contribution in [-0.2, 0) is 14.3 Å². The molecule has 166 valence electrons. The lowest BCUT2D eigenvalue weighted by atomic mass is 10.2. The van der Waals surface area contributed by atoms with Crippen molar-refractivity contribution in [1.29, 1.82) is 0 Å². The molecule has 2 aliphatic rings. The summed E-state index contributed by atoms with van der Waals surface area (Å²) in [4.78, 5) is 31.4. The van der Waals surface area contributed by atoms with Gasteiger partial charge in [-0.2, -0.15) is 0 Å². The van der Waals surface area contributed by atoms with Crippen LogP contribution in [0.3, 0.4) is 0 Å². The summed E-state index contributed by atoms with van der Waals surface area (Å²) in [5, 5.41) is 3.34. The molecule has 0 unspecified atom stereocenters.